The molecule has 0 amide bonds. The predicted molar refractivity (Wildman–Crippen MR) is 88.3 cm³/mol. The minimum absolute atomic E-state index is 0. The Bertz CT molecular complexity index is 609. The molecule has 0 atom stereocenters. The van der Waals surface area contributed by atoms with Crippen molar-refractivity contribution in [3.8, 4) is 17.6 Å². The van der Waals surface area contributed by atoms with Crippen LogP contribution in [0.15, 0.2) is 48.5 Å². The van der Waals surface area contributed by atoms with Crippen LogP contribution in [-0.4, -0.2) is 13.2 Å². The lowest BCUT2D eigenvalue weighted by atomic mass is 10.1. The molecule has 0 heterocycles. The Kier molecular flexibility index (Phi) is 7.84. The average molecular weight is 319 g/mol. The summed E-state index contributed by atoms with van der Waals surface area (Å²) < 4.78 is 11.2. The van der Waals surface area contributed by atoms with Crippen LogP contribution in [0.5, 0.6) is 11.5 Å². The summed E-state index contributed by atoms with van der Waals surface area (Å²) in [7, 11) is 0. The molecular formula is C17H19ClN2O2. The van der Waals surface area contributed by atoms with Gasteiger partial charge in [0, 0.05) is 0 Å². The van der Waals surface area contributed by atoms with E-state index in [0.29, 0.717) is 25.3 Å². The molecule has 0 spiro atoms. The van der Waals surface area contributed by atoms with Crippen molar-refractivity contribution in [3.05, 3.63) is 59.7 Å². The van der Waals surface area contributed by atoms with E-state index in [4.69, 9.17) is 20.5 Å². The van der Waals surface area contributed by atoms with Gasteiger partial charge in [-0.25, -0.2) is 0 Å². The van der Waals surface area contributed by atoms with Crippen molar-refractivity contribution in [2.75, 3.05) is 13.2 Å². The highest BCUT2D eigenvalue weighted by Crippen LogP contribution is 2.19. The molecule has 0 bridgehead atoms. The van der Waals surface area contributed by atoms with E-state index in [9.17, 15) is 0 Å². The maximum atomic E-state index is 8.85. The van der Waals surface area contributed by atoms with Gasteiger partial charge in [0.15, 0.2) is 0 Å². The highest BCUT2D eigenvalue weighted by molar-refractivity contribution is 5.85. The van der Waals surface area contributed by atoms with Crippen molar-refractivity contribution in [1.82, 2.24) is 0 Å². The maximum Gasteiger partial charge on any atom is 0.120 e. The van der Waals surface area contributed by atoms with Gasteiger partial charge in [-0.05, 0) is 54.9 Å². The number of hydrogen-bond acceptors (Lipinski definition) is 4. The Morgan fingerprint density at radius 1 is 1.00 bits per heavy atom. The molecule has 0 aromatic heterocycles. The third-order valence-corrected chi connectivity index (χ3v) is 2.90. The molecule has 2 aromatic rings. The number of halogens is 1. The normalized spacial score (nSPS) is 9.45. The quantitative estimate of drug-likeness (QED) is 0.795. The fourth-order valence-corrected chi connectivity index (χ4v) is 1.80. The summed E-state index contributed by atoms with van der Waals surface area (Å²) in [5.41, 5.74) is 7.02. The molecule has 2 N–H and O–H groups in total. The summed E-state index contributed by atoms with van der Waals surface area (Å²) in [6.45, 7) is 1.68. The van der Waals surface area contributed by atoms with Gasteiger partial charge < -0.3 is 15.2 Å². The van der Waals surface area contributed by atoms with Crippen LogP contribution in [0.4, 0.5) is 0 Å². The zero-order valence-corrected chi connectivity index (χ0v) is 13.0. The maximum absolute atomic E-state index is 8.85. The third kappa shape index (κ3) is 5.65. The van der Waals surface area contributed by atoms with Crippen molar-refractivity contribution >= 4 is 12.4 Å². The molecule has 116 valence electrons. The van der Waals surface area contributed by atoms with Gasteiger partial charge in [-0.15, -0.1) is 12.4 Å². The van der Waals surface area contributed by atoms with E-state index in [2.05, 4.69) is 6.07 Å². The molecule has 22 heavy (non-hydrogen) atoms. The van der Waals surface area contributed by atoms with Gasteiger partial charge >= 0.3 is 0 Å². The van der Waals surface area contributed by atoms with Gasteiger partial charge in [0.05, 0.1) is 18.2 Å². The van der Waals surface area contributed by atoms with E-state index >= 15 is 0 Å². The molecule has 0 saturated heterocycles. The van der Waals surface area contributed by atoms with Crippen molar-refractivity contribution in [1.29, 1.82) is 5.26 Å². The molecule has 0 saturated carbocycles. The second-order valence-electron chi connectivity index (χ2n) is 4.56. The van der Waals surface area contributed by atoms with E-state index in [1.807, 2.05) is 42.5 Å². The zero-order chi connectivity index (χ0) is 14.9. The molecule has 4 nitrogen and oxygen atoms in total. The lowest BCUT2D eigenvalue weighted by Gasteiger charge is -2.08. The van der Waals surface area contributed by atoms with Gasteiger partial charge in [-0.2, -0.15) is 5.26 Å². The molecule has 0 radical (unpaired) electrons. The third-order valence-electron chi connectivity index (χ3n) is 2.90. The van der Waals surface area contributed by atoms with Gasteiger partial charge in [0.25, 0.3) is 0 Å². The van der Waals surface area contributed by atoms with Gasteiger partial charge in [0.1, 0.15) is 18.1 Å². The van der Waals surface area contributed by atoms with Crippen molar-refractivity contribution in [2.24, 2.45) is 5.73 Å². The zero-order valence-electron chi connectivity index (χ0n) is 12.2. The first kappa shape index (κ1) is 17.8. The summed E-state index contributed by atoms with van der Waals surface area (Å²) >= 11 is 0. The summed E-state index contributed by atoms with van der Waals surface area (Å²) in [4.78, 5) is 0. The van der Waals surface area contributed by atoms with Crippen molar-refractivity contribution in [3.63, 3.8) is 0 Å². The largest absolute Gasteiger partial charge is 0.494 e. The number of nitriles is 1. The van der Waals surface area contributed by atoms with E-state index in [1.165, 1.54) is 0 Å². The number of benzene rings is 2. The van der Waals surface area contributed by atoms with E-state index in [0.717, 1.165) is 23.5 Å². The molecular weight excluding hydrogens is 300 g/mol. The lowest BCUT2D eigenvalue weighted by Crippen LogP contribution is -2.06. The second-order valence-corrected chi connectivity index (χ2v) is 4.56. The number of hydrogen-bond donors (Lipinski definition) is 1. The molecule has 2 aromatic carbocycles. The molecule has 0 aliphatic heterocycles. The summed E-state index contributed by atoms with van der Waals surface area (Å²) in [5, 5.41) is 8.85. The van der Waals surface area contributed by atoms with Crippen LogP contribution in [0.3, 0.4) is 0 Å². The highest BCUT2D eigenvalue weighted by Gasteiger charge is 1.99. The number of rotatable bonds is 7. The second kappa shape index (κ2) is 9.67. The molecule has 5 heteroatoms. The van der Waals surface area contributed by atoms with Crippen LogP contribution < -0.4 is 15.2 Å². The van der Waals surface area contributed by atoms with Crippen LogP contribution in [-0.2, 0) is 6.61 Å². The van der Waals surface area contributed by atoms with E-state index in [1.54, 1.807) is 6.07 Å². The standard InChI is InChI=1S/C17H18N2O2.ClH/c18-9-2-10-20-16-5-7-17(8-6-16)21-13-15-4-1-3-14(11-15)12-19;/h1,3-8,11H,2,9-10,13,18H2;1H. The molecule has 0 aliphatic carbocycles. The lowest BCUT2D eigenvalue weighted by molar-refractivity contribution is 0.300. The SMILES string of the molecule is Cl.N#Cc1cccc(COc2ccc(OCCCN)cc2)c1. The van der Waals surface area contributed by atoms with Crippen molar-refractivity contribution < 1.29 is 9.47 Å². The van der Waals surface area contributed by atoms with Crippen LogP contribution in [0.1, 0.15) is 17.5 Å². The number of nitrogens with zero attached hydrogens (tertiary/aromatic N) is 1. The van der Waals surface area contributed by atoms with Gasteiger partial charge in [-0.1, -0.05) is 12.1 Å². The molecule has 0 fully saturated rings. The first-order valence-corrected chi connectivity index (χ1v) is 6.86. The monoisotopic (exact) mass is 318 g/mol. The van der Waals surface area contributed by atoms with Crippen molar-refractivity contribution in [2.45, 2.75) is 13.0 Å². The first-order valence-electron chi connectivity index (χ1n) is 6.86. The summed E-state index contributed by atoms with van der Waals surface area (Å²) in [5.74, 6) is 1.57. The van der Waals surface area contributed by atoms with Gasteiger partial charge in [-0.3, -0.25) is 0 Å². The van der Waals surface area contributed by atoms with E-state index < -0.39 is 0 Å². The molecule has 0 unspecified atom stereocenters. The Morgan fingerprint density at radius 3 is 2.32 bits per heavy atom. The van der Waals surface area contributed by atoms with Crippen LogP contribution in [0.2, 0.25) is 0 Å². The van der Waals surface area contributed by atoms with Crippen LogP contribution in [0, 0.1) is 11.3 Å². The fourth-order valence-electron chi connectivity index (χ4n) is 1.80. The molecule has 0 aliphatic rings. The smallest absolute Gasteiger partial charge is 0.120 e. The highest BCUT2D eigenvalue weighted by atomic mass is 35.5. The summed E-state index contributed by atoms with van der Waals surface area (Å²) in [6.07, 6.45) is 0.841. The first-order chi connectivity index (χ1) is 10.3. The Balaban J connectivity index is 0.00000242. The van der Waals surface area contributed by atoms with E-state index in [-0.39, 0.29) is 12.4 Å². The number of ether oxygens (including phenoxy) is 2. The Morgan fingerprint density at radius 2 is 1.68 bits per heavy atom. The molecule has 2 rings (SSSR count). The average Bonchev–Trinajstić information content (AvgIpc) is 2.54. The fraction of sp³-hybridized carbons (Fsp3) is 0.235. The summed E-state index contributed by atoms with van der Waals surface area (Å²) in [6, 6.07) is 17.0. The minimum atomic E-state index is 0. The van der Waals surface area contributed by atoms with Crippen LogP contribution in [0.25, 0.3) is 0 Å². The predicted octanol–water partition coefficient (Wildman–Crippen LogP) is 3.29. The van der Waals surface area contributed by atoms with Crippen LogP contribution >= 0.6 is 12.4 Å². The Hall–Kier alpha value is -2.22. The minimum Gasteiger partial charge on any atom is -0.494 e. The van der Waals surface area contributed by atoms with Gasteiger partial charge in [0.2, 0.25) is 0 Å². The topological polar surface area (TPSA) is 68.3 Å². The Labute approximate surface area is 136 Å². The number of nitrogens with two attached hydrogens (primary N) is 1.